The van der Waals surface area contributed by atoms with Crippen LogP contribution in [0.15, 0.2) is 27.1 Å². The fourth-order valence-electron chi connectivity index (χ4n) is 3.91. The number of carbonyl (C=O) groups is 2. The van der Waals surface area contributed by atoms with Crippen LogP contribution in [0.2, 0.25) is 0 Å². The van der Waals surface area contributed by atoms with Gasteiger partial charge in [-0.25, -0.2) is 9.78 Å². The zero-order valence-electron chi connectivity index (χ0n) is 19.4. The lowest BCUT2D eigenvalue weighted by Crippen LogP contribution is -2.38. The van der Waals surface area contributed by atoms with Crippen LogP contribution >= 0.6 is 11.3 Å². The molecule has 0 aliphatic heterocycles. The lowest BCUT2D eigenvalue weighted by atomic mass is 9.99. The molecule has 0 saturated heterocycles. The summed E-state index contributed by atoms with van der Waals surface area (Å²) in [5.41, 5.74) is 1.66. The van der Waals surface area contributed by atoms with Crippen LogP contribution in [0.1, 0.15) is 47.5 Å². The van der Waals surface area contributed by atoms with Gasteiger partial charge in [-0.3, -0.25) is 23.5 Å². The van der Waals surface area contributed by atoms with Gasteiger partial charge in [-0.2, -0.15) is 0 Å². The minimum absolute atomic E-state index is 0.0553. The van der Waals surface area contributed by atoms with E-state index >= 15 is 0 Å². The van der Waals surface area contributed by atoms with Crippen LogP contribution in [0.4, 0.5) is 0 Å². The minimum atomic E-state index is -0.463. The normalized spacial score (nSPS) is 12.0. The molecule has 9 nitrogen and oxygen atoms in total. The van der Waals surface area contributed by atoms with Crippen LogP contribution < -0.4 is 16.6 Å². The number of ether oxygens (including phenoxy) is 1. The summed E-state index contributed by atoms with van der Waals surface area (Å²) >= 11 is 1.46. The van der Waals surface area contributed by atoms with E-state index in [0.29, 0.717) is 28.7 Å². The Kier molecular flexibility index (Phi) is 7.47. The molecule has 10 heteroatoms. The first-order valence-electron chi connectivity index (χ1n) is 10.7. The summed E-state index contributed by atoms with van der Waals surface area (Å²) < 4.78 is 7.46. The molecule has 0 aromatic carbocycles. The van der Waals surface area contributed by atoms with E-state index in [0.717, 1.165) is 15.0 Å². The number of hydrogen-bond acceptors (Lipinski definition) is 7. The first-order valence-corrected chi connectivity index (χ1v) is 11.6. The molecule has 176 valence electrons. The molecule has 33 heavy (non-hydrogen) atoms. The molecule has 1 atom stereocenters. The van der Waals surface area contributed by atoms with Crippen molar-refractivity contribution in [3.63, 3.8) is 0 Å². The van der Waals surface area contributed by atoms with Gasteiger partial charge in [-0.1, -0.05) is 6.07 Å². The minimum Gasteiger partial charge on any atom is -0.466 e. The highest BCUT2D eigenvalue weighted by atomic mass is 32.1. The highest BCUT2D eigenvalue weighted by Gasteiger charge is 2.21. The molecule has 3 aromatic rings. The van der Waals surface area contributed by atoms with Crippen molar-refractivity contribution in [1.29, 1.82) is 0 Å². The van der Waals surface area contributed by atoms with E-state index in [1.165, 1.54) is 23.0 Å². The van der Waals surface area contributed by atoms with Gasteiger partial charge in [-0.05, 0) is 49.8 Å². The molecule has 0 bridgehead atoms. The molecule has 3 heterocycles. The van der Waals surface area contributed by atoms with Crippen LogP contribution in [-0.2, 0) is 34.8 Å². The Morgan fingerprint density at radius 1 is 1.21 bits per heavy atom. The van der Waals surface area contributed by atoms with Gasteiger partial charge >= 0.3 is 11.7 Å². The number of esters is 1. The van der Waals surface area contributed by atoms with Crippen LogP contribution in [0.25, 0.3) is 11.0 Å². The molecule has 1 N–H and O–H groups in total. The van der Waals surface area contributed by atoms with Gasteiger partial charge in [0.15, 0.2) is 0 Å². The largest absolute Gasteiger partial charge is 0.466 e. The highest BCUT2D eigenvalue weighted by Crippen LogP contribution is 2.24. The van der Waals surface area contributed by atoms with Crippen molar-refractivity contribution in [2.75, 3.05) is 6.61 Å². The van der Waals surface area contributed by atoms with E-state index in [9.17, 15) is 19.2 Å². The first kappa shape index (κ1) is 24.4. The van der Waals surface area contributed by atoms with E-state index in [2.05, 4.69) is 10.3 Å². The maximum atomic E-state index is 12.8. The quantitative estimate of drug-likeness (QED) is 0.502. The molecule has 0 radical (unpaired) electrons. The van der Waals surface area contributed by atoms with Crippen molar-refractivity contribution in [3.05, 3.63) is 60.0 Å². The summed E-state index contributed by atoms with van der Waals surface area (Å²) in [6, 6.07) is 3.28. The number of aryl methyl sites for hydroxylation is 3. The Morgan fingerprint density at radius 3 is 2.58 bits per heavy atom. The van der Waals surface area contributed by atoms with Crippen molar-refractivity contribution in [1.82, 2.24) is 19.4 Å². The van der Waals surface area contributed by atoms with E-state index in [1.54, 1.807) is 20.9 Å². The topological polar surface area (TPSA) is 112 Å². The maximum absolute atomic E-state index is 12.8. The Hall–Kier alpha value is -3.27. The second-order valence-electron chi connectivity index (χ2n) is 7.85. The Bertz CT molecular complexity index is 1310. The molecule has 0 spiro atoms. The van der Waals surface area contributed by atoms with Gasteiger partial charge in [0.2, 0.25) is 5.91 Å². The molecule has 3 aromatic heterocycles. The third kappa shape index (κ3) is 5.05. The van der Waals surface area contributed by atoms with Crippen LogP contribution in [-0.4, -0.2) is 32.6 Å². The lowest BCUT2D eigenvalue weighted by Gasteiger charge is -2.18. The van der Waals surface area contributed by atoms with Crippen LogP contribution in [0.5, 0.6) is 0 Å². The molecular formula is C23H28N4O5S. The van der Waals surface area contributed by atoms with Crippen LogP contribution in [0, 0.1) is 13.8 Å². The average Bonchev–Trinajstić information content (AvgIpc) is 3.30. The number of aromatic nitrogens is 3. The standard InChI is InChI=1S/C23H28N4O5S/c1-6-32-19(29)12-16(17-8-7-11-33-17)25-18(28)10-9-15-13(2)20-21(24-14(15)3)26(4)23(31)27(5)22(20)30/h7-8,11,16H,6,9-10,12H2,1-5H3,(H,25,28)/t16-/m1/s1. The Labute approximate surface area is 195 Å². The molecule has 0 fully saturated rings. The van der Waals surface area contributed by atoms with Gasteiger partial charge in [0.1, 0.15) is 5.65 Å². The molecule has 0 saturated carbocycles. The van der Waals surface area contributed by atoms with Crippen molar-refractivity contribution >= 4 is 34.2 Å². The average molecular weight is 473 g/mol. The van der Waals surface area contributed by atoms with E-state index < -0.39 is 17.3 Å². The number of nitrogens with zero attached hydrogens (tertiary/aromatic N) is 3. The van der Waals surface area contributed by atoms with Gasteiger partial charge in [0.05, 0.1) is 24.5 Å². The van der Waals surface area contributed by atoms with E-state index in [1.807, 2.05) is 24.4 Å². The zero-order chi connectivity index (χ0) is 24.3. The predicted octanol–water partition coefficient (Wildman–Crippen LogP) is 2.05. The lowest BCUT2D eigenvalue weighted by molar-refractivity contribution is -0.143. The molecule has 3 rings (SSSR count). The van der Waals surface area contributed by atoms with E-state index in [-0.39, 0.29) is 31.3 Å². The van der Waals surface area contributed by atoms with Crippen molar-refractivity contribution in [3.8, 4) is 0 Å². The summed E-state index contributed by atoms with van der Waals surface area (Å²) in [6.45, 7) is 5.63. The molecule has 1 amide bonds. The van der Waals surface area contributed by atoms with Crippen molar-refractivity contribution in [2.45, 2.75) is 46.1 Å². The number of fused-ring (bicyclic) bond motifs is 1. The van der Waals surface area contributed by atoms with Gasteiger partial charge in [-0.15, -0.1) is 11.3 Å². The van der Waals surface area contributed by atoms with Gasteiger partial charge in [0.25, 0.3) is 5.56 Å². The monoisotopic (exact) mass is 472 g/mol. The molecule has 0 aliphatic carbocycles. The summed E-state index contributed by atoms with van der Waals surface area (Å²) in [6.07, 6.45) is 0.584. The second-order valence-corrected chi connectivity index (χ2v) is 8.83. The number of nitrogens with one attached hydrogen (secondary N) is 1. The number of amides is 1. The Balaban J connectivity index is 1.83. The fraction of sp³-hybridized carbons (Fsp3) is 0.435. The number of thiophene rings is 1. The Morgan fingerprint density at radius 2 is 1.94 bits per heavy atom. The van der Waals surface area contributed by atoms with Crippen molar-refractivity contribution in [2.24, 2.45) is 14.1 Å². The second kappa shape index (κ2) is 10.1. The molecule has 0 aliphatic rings. The third-order valence-electron chi connectivity index (χ3n) is 5.67. The number of rotatable bonds is 8. The van der Waals surface area contributed by atoms with Gasteiger partial charge < -0.3 is 10.1 Å². The van der Waals surface area contributed by atoms with Gasteiger partial charge in [0, 0.05) is 31.1 Å². The summed E-state index contributed by atoms with van der Waals surface area (Å²) in [7, 11) is 3.02. The number of pyridine rings is 1. The zero-order valence-corrected chi connectivity index (χ0v) is 20.2. The number of hydrogen-bond donors (Lipinski definition) is 1. The summed E-state index contributed by atoms with van der Waals surface area (Å²) in [4.78, 5) is 55.1. The van der Waals surface area contributed by atoms with Crippen molar-refractivity contribution < 1.29 is 14.3 Å². The van der Waals surface area contributed by atoms with Crippen LogP contribution in [0.3, 0.4) is 0 Å². The SMILES string of the molecule is CCOC(=O)C[C@@H](NC(=O)CCc1c(C)nc2c(c1C)c(=O)n(C)c(=O)n2C)c1cccs1. The smallest absolute Gasteiger partial charge is 0.332 e. The van der Waals surface area contributed by atoms with E-state index in [4.69, 9.17) is 4.74 Å². The first-order chi connectivity index (χ1) is 15.6. The fourth-order valence-corrected chi connectivity index (χ4v) is 4.69. The summed E-state index contributed by atoms with van der Waals surface area (Å²) in [5.74, 6) is -0.590. The number of carbonyl (C=O) groups excluding carboxylic acids is 2. The molecule has 0 unspecified atom stereocenters. The third-order valence-corrected chi connectivity index (χ3v) is 6.66. The summed E-state index contributed by atoms with van der Waals surface area (Å²) in [5, 5.41) is 5.20. The molecular weight excluding hydrogens is 444 g/mol. The highest BCUT2D eigenvalue weighted by molar-refractivity contribution is 7.10. The maximum Gasteiger partial charge on any atom is 0.332 e. The predicted molar refractivity (Wildman–Crippen MR) is 126 cm³/mol.